The maximum absolute atomic E-state index is 12.9. The van der Waals surface area contributed by atoms with Gasteiger partial charge in [0.05, 0.1) is 11.4 Å². The van der Waals surface area contributed by atoms with E-state index in [1.165, 1.54) is 5.57 Å². The lowest BCUT2D eigenvalue weighted by Gasteiger charge is -2.20. The molecular weight excluding hydrogens is 288 g/mol. The van der Waals surface area contributed by atoms with E-state index in [0.29, 0.717) is 11.4 Å². The lowest BCUT2D eigenvalue weighted by atomic mass is 9.81. The molecule has 0 saturated carbocycles. The number of carbonyl (C=O) groups is 2. The lowest BCUT2D eigenvalue weighted by molar-refractivity contribution is 0.102. The molecule has 0 bridgehead atoms. The molecular formula is C19H18N2O2. The number of nitrogens with one attached hydrogen (secondary N) is 1. The molecule has 0 fully saturated rings. The number of ketones is 2. The average Bonchev–Trinajstić information content (AvgIpc) is 3.14. The normalized spacial score (nSPS) is 18.7. The number of aromatic amines is 1. The van der Waals surface area contributed by atoms with Crippen molar-refractivity contribution in [2.24, 2.45) is 4.99 Å². The highest BCUT2D eigenvalue weighted by molar-refractivity contribution is 6.23. The van der Waals surface area contributed by atoms with E-state index in [1.54, 1.807) is 18.5 Å². The fraction of sp³-hybridized carbons (Fsp3) is 0.316. The van der Waals surface area contributed by atoms with E-state index in [4.69, 9.17) is 0 Å². The van der Waals surface area contributed by atoms with Crippen LogP contribution in [0.1, 0.15) is 65.2 Å². The zero-order chi connectivity index (χ0) is 16.1. The Kier molecular flexibility index (Phi) is 3.08. The highest BCUT2D eigenvalue weighted by atomic mass is 16.1. The van der Waals surface area contributed by atoms with Gasteiger partial charge in [0, 0.05) is 34.7 Å². The predicted octanol–water partition coefficient (Wildman–Crippen LogP) is 3.81. The Bertz CT molecular complexity index is 875. The van der Waals surface area contributed by atoms with Gasteiger partial charge in [-0.1, -0.05) is 25.8 Å². The van der Waals surface area contributed by atoms with E-state index in [-0.39, 0.29) is 11.6 Å². The van der Waals surface area contributed by atoms with Crippen molar-refractivity contribution in [3.05, 3.63) is 51.5 Å². The fourth-order valence-electron chi connectivity index (χ4n) is 3.78. The minimum absolute atomic E-state index is 0.0632. The van der Waals surface area contributed by atoms with Crippen LogP contribution >= 0.6 is 0 Å². The highest BCUT2D eigenvalue weighted by Gasteiger charge is 2.35. The van der Waals surface area contributed by atoms with Gasteiger partial charge in [0.15, 0.2) is 0 Å². The van der Waals surface area contributed by atoms with Gasteiger partial charge in [0.25, 0.3) is 0 Å². The first-order chi connectivity index (χ1) is 11.2. The highest BCUT2D eigenvalue weighted by Crippen LogP contribution is 2.41. The number of Topliss-reactive ketones (excluding diaryl/α,β-unsaturated/α-hetero) is 1. The number of fused-ring (bicyclic) bond motifs is 5. The number of carbonyl (C=O) groups excluding carboxylic acids is 2. The molecule has 2 heterocycles. The van der Waals surface area contributed by atoms with Gasteiger partial charge in [-0.25, -0.2) is 0 Å². The van der Waals surface area contributed by atoms with Crippen molar-refractivity contribution in [3.63, 3.8) is 0 Å². The molecule has 1 aromatic heterocycles. The summed E-state index contributed by atoms with van der Waals surface area (Å²) in [4.78, 5) is 32.6. The van der Waals surface area contributed by atoms with E-state index in [9.17, 15) is 9.59 Å². The molecule has 3 aliphatic rings. The minimum Gasteiger partial charge on any atom is -0.348 e. The van der Waals surface area contributed by atoms with Crippen LogP contribution in [0.3, 0.4) is 0 Å². The third-order valence-electron chi connectivity index (χ3n) is 4.88. The van der Waals surface area contributed by atoms with E-state index in [0.717, 1.165) is 53.5 Å². The van der Waals surface area contributed by atoms with Crippen LogP contribution in [0.5, 0.6) is 0 Å². The monoisotopic (exact) mass is 306 g/mol. The van der Waals surface area contributed by atoms with Gasteiger partial charge in [0.1, 0.15) is 0 Å². The van der Waals surface area contributed by atoms with Crippen molar-refractivity contribution in [3.8, 4) is 0 Å². The summed E-state index contributed by atoms with van der Waals surface area (Å²) in [5.41, 5.74) is 6.93. The molecule has 1 aliphatic heterocycles. The molecule has 0 aromatic carbocycles. The molecule has 0 radical (unpaired) electrons. The van der Waals surface area contributed by atoms with Gasteiger partial charge in [-0.15, -0.1) is 0 Å². The second-order valence-electron chi connectivity index (χ2n) is 6.20. The van der Waals surface area contributed by atoms with Crippen LogP contribution in [0, 0.1) is 0 Å². The average molecular weight is 306 g/mol. The fourth-order valence-corrected chi connectivity index (χ4v) is 3.78. The van der Waals surface area contributed by atoms with E-state index < -0.39 is 0 Å². The number of H-pyrrole nitrogens is 1. The first kappa shape index (κ1) is 14.1. The number of aliphatic imine (C=N–C) groups is 1. The molecule has 4 nitrogen and oxygen atoms in total. The molecule has 1 N–H and O–H groups in total. The summed E-state index contributed by atoms with van der Waals surface area (Å²) in [6.07, 6.45) is 8.45. The van der Waals surface area contributed by atoms with Crippen molar-refractivity contribution in [1.82, 2.24) is 4.98 Å². The summed E-state index contributed by atoms with van der Waals surface area (Å²) in [6, 6.07) is 0. The summed E-state index contributed by atoms with van der Waals surface area (Å²) < 4.78 is 0. The van der Waals surface area contributed by atoms with Crippen LogP contribution < -0.4 is 0 Å². The molecule has 0 atom stereocenters. The Labute approximate surface area is 134 Å². The topological polar surface area (TPSA) is 62.3 Å². The second-order valence-corrected chi connectivity index (χ2v) is 6.20. The maximum atomic E-state index is 12.9. The van der Waals surface area contributed by atoms with Gasteiger partial charge in [-0.3, -0.25) is 14.6 Å². The van der Waals surface area contributed by atoms with Crippen LogP contribution in [0.2, 0.25) is 0 Å². The molecule has 0 amide bonds. The number of hydrogen-bond acceptors (Lipinski definition) is 3. The van der Waals surface area contributed by atoms with Gasteiger partial charge >= 0.3 is 0 Å². The van der Waals surface area contributed by atoms with Crippen molar-refractivity contribution in [1.29, 1.82) is 0 Å². The summed E-state index contributed by atoms with van der Waals surface area (Å²) in [5, 5.41) is 0. The van der Waals surface area contributed by atoms with Crippen LogP contribution in [-0.2, 0) is 6.42 Å². The zero-order valence-corrected chi connectivity index (χ0v) is 13.3. The Hall–Kier alpha value is -2.49. The number of nitrogens with zero attached hydrogens (tertiary/aromatic N) is 1. The Balaban J connectivity index is 1.90. The van der Waals surface area contributed by atoms with E-state index in [1.807, 2.05) is 0 Å². The molecule has 4 heteroatoms. The molecule has 1 aromatic rings. The second kappa shape index (κ2) is 5.01. The molecule has 116 valence electrons. The quantitative estimate of drug-likeness (QED) is 0.923. The number of aromatic nitrogens is 1. The summed E-state index contributed by atoms with van der Waals surface area (Å²) in [7, 11) is 0. The van der Waals surface area contributed by atoms with Crippen LogP contribution in [-0.4, -0.2) is 22.8 Å². The summed E-state index contributed by atoms with van der Waals surface area (Å²) in [5.74, 6) is -0.00833. The van der Waals surface area contributed by atoms with Gasteiger partial charge in [-0.05, 0) is 30.9 Å². The summed E-state index contributed by atoms with van der Waals surface area (Å²) >= 11 is 0. The van der Waals surface area contributed by atoms with E-state index >= 15 is 0 Å². The lowest BCUT2D eigenvalue weighted by Crippen LogP contribution is -2.16. The minimum atomic E-state index is -0.0715. The van der Waals surface area contributed by atoms with Gasteiger partial charge in [-0.2, -0.15) is 0 Å². The molecule has 23 heavy (non-hydrogen) atoms. The molecule has 4 rings (SSSR count). The third kappa shape index (κ3) is 1.87. The van der Waals surface area contributed by atoms with E-state index in [2.05, 4.69) is 23.8 Å². The number of allylic oxidation sites excluding steroid dienone is 5. The van der Waals surface area contributed by atoms with Gasteiger partial charge in [0.2, 0.25) is 11.6 Å². The summed E-state index contributed by atoms with van der Waals surface area (Å²) in [6.45, 7) is 4.18. The SMILES string of the molecule is CCCC1=C(CC)Cc2c([nH]c3c2C2=CN=CC2=CC3=O)C1=O. The largest absolute Gasteiger partial charge is 0.348 e. The van der Waals surface area contributed by atoms with Gasteiger partial charge < -0.3 is 4.98 Å². The first-order valence-corrected chi connectivity index (χ1v) is 8.16. The molecule has 0 unspecified atom stereocenters. The Morgan fingerprint density at radius 3 is 2.78 bits per heavy atom. The molecule has 2 aliphatic carbocycles. The van der Waals surface area contributed by atoms with Crippen molar-refractivity contribution in [2.75, 3.05) is 0 Å². The van der Waals surface area contributed by atoms with Crippen molar-refractivity contribution in [2.45, 2.75) is 39.5 Å². The molecule has 0 saturated heterocycles. The van der Waals surface area contributed by atoms with Crippen molar-refractivity contribution >= 4 is 23.4 Å². The standard InChI is InChI=1S/C19H18N2O2/c1-3-5-12-10(4-2)6-13-16-14-9-20-8-11(14)7-15(22)18(16)21-17(13)19(12)23/h7-9,21H,3-6H2,1-2H3. The zero-order valence-electron chi connectivity index (χ0n) is 13.3. The third-order valence-corrected chi connectivity index (χ3v) is 4.88. The Morgan fingerprint density at radius 2 is 2.04 bits per heavy atom. The predicted molar refractivity (Wildman–Crippen MR) is 89.9 cm³/mol. The number of hydrogen-bond donors (Lipinski definition) is 1. The number of rotatable bonds is 3. The van der Waals surface area contributed by atoms with Crippen LogP contribution in [0.25, 0.3) is 5.57 Å². The van der Waals surface area contributed by atoms with Crippen LogP contribution in [0.15, 0.2) is 34.0 Å². The van der Waals surface area contributed by atoms with Crippen LogP contribution in [0.4, 0.5) is 0 Å². The molecule has 0 spiro atoms. The Morgan fingerprint density at radius 1 is 1.22 bits per heavy atom. The van der Waals surface area contributed by atoms with Crippen molar-refractivity contribution < 1.29 is 9.59 Å². The maximum Gasteiger partial charge on any atom is 0.205 e. The smallest absolute Gasteiger partial charge is 0.205 e. The first-order valence-electron chi connectivity index (χ1n) is 8.16.